The van der Waals surface area contributed by atoms with E-state index in [1.54, 1.807) is 19.5 Å². The Morgan fingerprint density at radius 1 is 1.07 bits per heavy atom. The highest BCUT2D eigenvalue weighted by molar-refractivity contribution is 5.48. The van der Waals surface area contributed by atoms with Gasteiger partial charge in [0.15, 0.2) is 5.82 Å². The van der Waals surface area contributed by atoms with Crippen molar-refractivity contribution in [1.82, 2.24) is 29.6 Å². The van der Waals surface area contributed by atoms with Gasteiger partial charge in [0, 0.05) is 51.5 Å². The fourth-order valence-electron chi connectivity index (χ4n) is 3.86. The number of anilines is 1. The predicted molar refractivity (Wildman–Crippen MR) is 99.9 cm³/mol. The zero-order chi connectivity index (χ0) is 18.6. The molecule has 0 amide bonds. The van der Waals surface area contributed by atoms with Gasteiger partial charge < -0.3 is 18.9 Å². The highest BCUT2D eigenvalue weighted by atomic mass is 16.5. The molecule has 0 aromatic carbocycles. The molecule has 2 saturated heterocycles. The first-order chi connectivity index (χ1) is 13.3. The molecular weight excluding hydrogens is 346 g/mol. The Hall–Kier alpha value is -2.26. The first-order valence-corrected chi connectivity index (χ1v) is 9.54. The van der Waals surface area contributed by atoms with Crippen LogP contribution < -0.4 is 9.64 Å². The van der Waals surface area contributed by atoms with Crippen molar-refractivity contribution in [3.63, 3.8) is 0 Å². The second-order valence-corrected chi connectivity index (χ2v) is 7.07. The summed E-state index contributed by atoms with van der Waals surface area (Å²) in [6.45, 7) is 6.17. The van der Waals surface area contributed by atoms with Crippen LogP contribution in [0.2, 0.25) is 0 Å². The molecule has 2 aromatic heterocycles. The molecule has 0 saturated carbocycles. The largest absolute Gasteiger partial charge is 0.478 e. The summed E-state index contributed by atoms with van der Waals surface area (Å²) < 4.78 is 13.0. The van der Waals surface area contributed by atoms with Gasteiger partial charge in [-0.3, -0.25) is 4.90 Å². The van der Waals surface area contributed by atoms with Gasteiger partial charge in [-0.15, -0.1) is 10.2 Å². The molecule has 0 atom stereocenters. The van der Waals surface area contributed by atoms with Crippen molar-refractivity contribution in [3.05, 3.63) is 24.0 Å². The Bertz CT molecular complexity index is 752. The number of ether oxygens (including phenoxy) is 2. The van der Waals surface area contributed by atoms with Crippen LogP contribution in [-0.2, 0) is 18.3 Å². The molecule has 4 heterocycles. The Labute approximate surface area is 159 Å². The topological polar surface area (TPSA) is 81.4 Å². The monoisotopic (exact) mass is 373 g/mol. The molecule has 2 aromatic rings. The van der Waals surface area contributed by atoms with Gasteiger partial charge in [-0.05, 0) is 12.8 Å². The number of piperidine rings is 1. The van der Waals surface area contributed by atoms with E-state index >= 15 is 0 Å². The molecular formula is C18H27N7O2. The Morgan fingerprint density at radius 3 is 2.56 bits per heavy atom. The summed E-state index contributed by atoms with van der Waals surface area (Å²) in [7, 11) is 3.72. The molecule has 0 aliphatic carbocycles. The maximum absolute atomic E-state index is 5.42. The Morgan fingerprint density at radius 2 is 1.81 bits per heavy atom. The van der Waals surface area contributed by atoms with E-state index in [9.17, 15) is 0 Å². The predicted octanol–water partition coefficient (Wildman–Crippen LogP) is 0.830. The third-order valence-corrected chi connectivity index (χ3v) is 5.47. The standard InChI is InChI=1S/C18H27N7O2/c1-23-15(13-24-9-11-27-12-10-24)21-22-16(23)14-3-7-25(8-4-14)17-18(26-2)20-6-5-19-17/h5-6,14H,3-4,7-13H2,1-2H3. The number of aromatic nitrogens is 5. The third kappa shape index (κ3) is 3.89. The zero-order valence-electron chi connectivity index (χ0n) is 16.0. The number of nitrogens with zero attached hydrogens (tertiary/aromatic N) is 7. The SMILES string of the molecule is COc1nccnc1N1CCC(c2nnc(CN3CCOCC3)n2C)CC1. The first-order valence-electron chi connectivity index (χ1n) is 9.54. The van der Waals surface area contributed by atoms with E-state index in [1.807, 2.05) is 0 Å². The van der Waals surface area contributed by atoms with E-state index in [1.165, 1.54) is 0 Å². The summed E-state index contributed by atoms with van der Waals surface area (Å²) in [5, 5.41) is 8.98. The van der Waals surface area contributed by atoms with Crippen LogP contribution in [0.3, 0.4) is 0 Å². The van der Waals surface area contributed by atoms with Crippen LogP contribution in [0.25, 0.3) is 0 Å². The van der Waals surface area contributed by atoms with E-state index in [2.05, 4.69) is 41.6 Å². The summed E-state index contributed by atoms with van der Waals surface area (Å²) in [6.07, 6.45) is 5.40. The number of morpholine rings is 1. The summed E-state index contributed by atoms with van der Waals surface area (Å²) in [4.78, 5) is 13.3. The van der Waals surface area contributed by atoms with Crippen LogP contribution in [-0.4, -0.2) is 76.1 Å². The van der Waals surface area contributed by atoms with Crippen molar-refractivity contribution >= 4 is 5.82 Å². The lowest BCUT2D eigenvalue weighted by atomic mass is 9.96. The Balaban J connectivity index is 1.39. The lowest BCUT2D eigenvalue weighted by Gasteiger charge is -2.32. The van der Waals surface area contributed by atoms with Crippen LogP contribution in [0.1, 0.15) is 30.4 Å². The average Bonchev–Trinajstić information content (AvgIpc) is 3.09. The summed E-state index contributed by atoms with van der Waals surface area (Å²) in [5.74, 6) is 3.95. The lowest BCUT2D eigenvalue weighted by Crippen LogP contribution is -2.36. The minimum absolute atomic E-state index is 0.417. The van der Waals surface area contributed by atoms with Gasteiger partial charge in [0.2, 0.25) is 0 Å². The van der Waals surface area contributed by atoms with Crippen molar-refractivity contribution in [2.45, 2.75) is 25.3 Å². The molecule has 2 fully saturated rings. The average molecular weight is 373 g/mol. The second-order valence-electron chi connectivity index (χ2n) is 7.07. The number of hydrogen-bond acceptors (Lipinski definition) is 8. The molecule has 2 aliphatic heterocycles. The third-order valence-electron chi connectivity index (χ3n) is 5.47. The normalized spacial score (nSPS) is 19.4. The van der Waals surface area contributed by atoms with Crippen molar-refractivity contribution in [3.8, 4) is 5.88 Å². The van der Waals surface area contributed by atoms with Crippen molar-refractivity contribution in [2.24, 2.45) is 7.05 Å². The van der Waals surface area contributed by atoms with Gasteiger partial charge >= 0.3 is 0 Å². The zero-order valence-corrected chi connectivity index (χ0v) is 16.0. The van der Waals surface area contributed by atoms with E-state index in [-0.39, 0.29) is 0 Å². The minimum atomic E-state index is 0.417. The van der Waals surface area contributed by atoms with Crippen LogP contribution in [0.4, 0.5) is 5.82 Å². The van der Waals surface area contributed by atoms with Crippen LogP contribution in [0.15, 0.2) is 12.4 Å². The highest BCUT2D eigenvalue weighted by Gasteiger charge is 2.27. The second kappa shape index (κ2) is 8.18. The fraction of sp³-hybridized carbons (Fsp3) is 0.667. The molecule has 146 valence electrons. The van der Waals surface area contributed by atoms with Crippen molar-refractivity contribution in [2.75, 3.05) is 51.4 Å². The fourth-order valence-corrected chi connectivity index (χ4v) is 3.86. The first kappa shape index (κ1) is 18.1. The van der Waals surface area contributed by atoms with Gasteiger partial charge in [-0.2, -0.15) is 0 Å². The van der Waals surface area contributed by atoms with E-state index in [4.69, 9.17) is 9.47 Å². The number of hydrogen-bond donors (Lipinski definition) is 0. The molecule has 0 spiro atoms. The molecule has 4 rings (SSSR count). The molecule has 0 unspecified atom stereocenters. The quantitative estimate of drug-likeness (QED) is 0.762. The van der Waals surface area contributed by atoms with Crippen molar-refractivity contribution in [1.29, 1.82) is 0 Å². The lowest BCUT2D eigenvalue weighted by molar-refractivity contribution is 0.0326. The van der Waals surface area contributed by atoms with Gasteiger partial charge in [-0.25, -0.2) is 9.97 Å². The maximum atomic E-state index is 5.42. The molecule has 9 heteroatoms. The van der Waals surface area contributed by atoms with Gasteiger partial charge in [0.1, 0.15) is 11.6 Å². The van der Waals surface area contributed by atoms with Crippen LogP contribution in [0, 0.1) is 0 Å². The molecule has 0 radical (unpaired) electrons. The Kier molecular flexibility index (Phi) is 5.49. The van der Waals surface area contributed by atoms with Crippen LogP contribution in [0.5, 0.6) is 5.88 Å². The van der Waals surface area contributed by atoms with Gasteiger partial charge in [0.05, 0.1) is 26.9 Å². The smallest absolute Gasteiger partial charge is 0.257 e. The molecule has 0 bridgehead atoms. The molecule has 0 N–H and O–H groups in total. The number of rotatable bonds is 5. The maximum Gasteiger partial charge on any atom is 0.257 e. The molecule has 2 aliphatic rings. The van der Waals surface area contributed by atoms with E-state index in [0.717, 1.165) is 76.2 Å². The van der Waals surface area contributed by atoms with Crippen molar-refractivity contribution < 1.29 is 9.47 Å². The van der Waals surface area contributed by atoms with E-state index in [0.29, 0.717) is 11.8 Å². The van der Waals surface area contributed by atoms with Gasteiger partial charge in [-0.1, -0.05) is 0 Å². The minimum Gasteiger partial charge on any atom is -0.478 e. The summed E-state index contributed by atoms with van der Waals surface area (Å²) in [6, 6.07) is 0. The van der Waals surface area contributed by atoms with E-state index < -0.39 is 0 Å². The van der Waals surface area contributed by atoms with Crippen LogP contribution >= 0.6 is 0 Å². The summed E-state index contributed by atoms with van der Waals surface area (Å²) in [5.41, 5.74) is 0. The number of methoxy groups -OCH3 is 1. The highest BCUT2D eigenvalue weighted by Crippen LogP contribution is 2.31. The molecule has 9 nitrogen and oxygen atoms in total. The molecule has 27 heavy (non-hydrogen) atoms. The summed E-state index contributed by atoms with van der Waals surface area (Å²) >= 11 is 0. The van der Waals surface area contributed by atoms with Gasteiger partial charge in [0.25, 0.3) is 5.88 Å².